The van der Waals surface area contributed by atoms with E-state index in [0.29, 0.717) is 6.61 Å². The van der Waals surface area contributed by atoms with Crippen LogP contribution in [0.15, 0.2) is 12.2 Å². The van der Waals surface area contributed by atoms with Gasteiger partial charge < -0.3 is 9.84 Å². The topological polar surface area (TPSA) is 63.6 Å². The van der Waals surface area contributed by atoms with E-state index in [1.54, 1.807) is 13.0 Å². The minimum atomic E-state index is -0.807. The summed E-state index contributed by atoms with van der Waals surface area (Å²) in [4.78, 5) is 21.8. The Kier molecular flexibility index (Phi) is 3.17. The van der Waals surface area contributed by atoms with Crippen LogP contribution in [-0.2, 0) is 14.3 Å². The summed E-state index contributed by atoms with van der Waals surface area (Å²) < 4.78 is 4.71. The lowest BCUT2D eigenvalue weighted by atomic mass is 10.1. The molecule has 0 aromatic rings. The number of carbonyl (C=O) groups is 2. The molecule has 1 unspecified atom stereocenters. The third-order valence-corrected chi connectivity index (χ3v) is 2.90. The van der Waals surface area contributed by atoms with Crippen molar-refractivity contribution in [1.82, 2.24) is 0 Å². The average molecular weight is 212 g/mol. The molecule has 1 saturated carbocycles. The summed E-state index contributed by atoms with van der Waals surface area (Å²) in [7, 11) is 0. The van der Waals surface area contributed by atoms with Gasteiger partial charge in [0.1, 0.15) is 0 Å². The zero-order chi connectivity index (χ0) is 11.6. The summed E-state index contributed by atoms with van der Waals surface area (Å²) in [5.41, 5.74) is -0.255. The van der Waals surface area contributed by atoms with Crippen molar-refractivity contribution >= 4 is 11.9 Å². The van der Waals surface area contributed by atoms with Crippen molar-refractivity contribution in [1.29, 1.82) is 0 Å². The zero-order valence-electron chi connectivity index (χ0n) is 9.19. The van der Waals surface area contributed by atoms with E-state index in [1.165, 1.54) is 6.08 Å². The third-order valence-electron chi connectivity index (χ3n) is 2.90. The standard InChI is InChI=1S/C11H16O4/c1-4-15-8(12)6-5-7-9(10(13)14)11(7,2)3/h5-7,9H,4H2,1-3H3,(H,13,14)/b6-5+/t7?,9-/m0/s1. The van der Waals surface area contributed by atoms with Crippen LogP contribution in [0.2, 0.25) is 0 Å². The van der Waals surface area contributed by atoms with Gasteiger partial charge in [-0.15, -0.1) is 0 Å². The number of rotatable bonds is 4. The highest BCUT2D eigenvalue weighted by atomic mass is 16.5. The van der Waals surface area contributed by atoms with Crippen LogP contribution < -0.4 is 0 Å². The maximum atomic E-state index is 11.0. The Morgan fingerprint density at radius 3 is 2.47 bits per heavy atom. The molecular weight excluding hydrogens is 196 g/mol. The van der Waals surface area contributed by atoms with Crippen molar-refractivity contribution in [3.63, 3.8) is 0 Å². The van der Waals surface area contributed by atoms with Gasteiger partial charge >= 0.3 is 11.9 Å². The summed E-state index contributed by atoms with van der Waals surface area (Å²) in [5, 5.41) is 8.88. The molecule has 0 saturated heterocycles. The van der Waals surface area contributed by atoms with Crippen LogP contribution in [0, 0.1) is 17.3 Å². The van der Waals surface area contributed by atoms with Gasteiger partial charge in [-0.1, -0.05) is 19.9 Å². The molecule has 1 rings (SSSR count). The lowest BCUT2D eigenvalue weighted by Gasteiger charge is -1.97. The highest BCUT2D eigenvalue weighted by molar-refractivity contribution is 5.83. The summed E-state index contributed by atoms with van der Waals surface area (Å²) in [6.45, 7) is 5.82. The van der Waals surface area contributed by atoms with E-state index >= 15 is 0 Å². The first-order valence-corrected chi connectivity index (χ1v) is 4.99. The van der Waals surface area contributed by atoms with E-state index < -0.39 is 11.9 Å². The molecule has 84 valence electrons. The van der Waals surface area contributed by atoms with Gasteiger partial charge in [-0.25, -0.2) is 4.79 Å². The van der Waals surface area contributed by atoms with Crippen molar-refractivity contribution in [2.45, 2.75) is 20.8 Å². The summed E-state index contributed by atoms with van der Waals surface area (Å²) in [5.74, 6) is -1.68. The molecule has 0 aliphatic heterocycles. The minimum absolute atomic E-state index is 0.0700. The van der Waals surface area contributed by atoms with Gasteiger partial charge in [-0.05, 0) is 18.3 Å². The van der Waals surface area contributed by atoms with E-state index in [9.17, 15) is 9.59 Å². The average Bonchev–Trinajstić information content (AvgIpc) is 2.65. The van der Waals surface area contributed by atoms with Gasteiger partial charge in [0.05, 0.1) is 12.5 Å². The highest BCUT2D eigenvalue weighted by Crippen LogP contribution is 2.58. The first kappa shape index (κ1) is 11.8. The Morgan fingerprint density at radius 1 is 1.47 bits per heavy atom. The summed E-state index contributed by atoms with van der Waals surface area (Å²) in [6.07, 6.45) is 2.95. The van der Waals surface area contributed by atoms with E-state index in [2.05, 4.69) is 0 Å². The van der Waals surface area contributed by atoms with Gasteiger partial charge in [0.2, 0.25) is 0 Å². The van der Waals surface area contributed by atoms with Gasteiger partial charge in [0.15, 0.2) is 0 Å². The third kappa shape index (κ3) is 2.37. The number of ether oxygens (including phenoxy) is 1. The fourth-order valence-corrected chi connectivity index (χ4v) is 1.88. The first-order valence-electron chi connectivity index (χ1n) is 4.99. The lowest BCUT2D eigenvalue weighted by molar-refractivity contribution is -0.140. The van der Waals surface area contributed by atoms with E-state index in [-0.39, 0.29) is 17.3 Å². The van der Waals surface area contributed by atoms with Crippen LogP contribution in [0.5, 0.6) is 0 Å². The molecule has 0 amide bonds. The first-order chi connectivity index (χ1) is 6.91. The largest absolute Gasteiger partial charge is 0.481 e. The summed E-state index contributed by atoms with van der Waals surface area (Å²) in [6, 6.07) is 0. The Morgan fingerprint density at radius 2 is 2.07 bits per heavy atom. The van der Waals surface area contributed by atoms with Gasteiger partial charge in [-0.3, -0.25) is 4.79 Å². The molecule has 1 N–H and O–H groups in total. The SMILES string of the molecule is CCOC(=O)/C=C/C1[C@@H](C(=O)O)C1(C)C. The van der Waals surface area contributed by atoms with E-state index in [4.69, 9.17) is 9.84 Å². The predicted octanol–water partition coefficient (Wildman–Crippen LogP) is 1.46. The molecule has 4 nitrogen and oxygen atoms in total. The molecule has 1 aliphatic rings. The lowest BCUT2D eigenvalue weighted by Crippen LogP contribution is -2.03. The number of carboxylic acid groups (broad SMARTS) is 1. The van der Waals surface area contributed by atoms with Crippen LogP contribution in [0.4, 0.5) is 0 Å². The smallest absolute Gasteiger partial charge is 0.330 e. The molecule has 1 fully saturated rings. The van der Waals surface area contributed by atoms with Crippen LogP contribution in [-0.4, -0.2) is 23.7 Å². The molecule has 4 heteroatoms. The second-order valence-electron chi connectivity index (χ2n) is 4.27. The van der Waals surface area contributed by atoms with Crippen LogP contribution in [0.25, 0.3) is 0 Å². The Bertz CT molecular complexity index is 304. The quantitative estimate of drug-likeness (QED) is 0.566. The maximum absolute atomic E-state index is 11.0. The molecule has 0 radical (unpaired) electrons. The number of hydrogen-bond acceptors (Lipinski definition) is 3. The molecular formula is C11H16O4. The Hall–Kier alpha value is -1.32. The zero-order valence-corrected chi connectivity index (χ0v) is 9.19. The number of esters is 1. The molecule has 1 aliphatic carbocycles. The van der Waals surface area contributed by atoms with Crippen LogP contribution in [0.3, 0.4) is 0 Å². The van der Waals surface area contributed by atoms with Crippen molar-refractivity contribution in [3.05, 3.63) is 12.2 Å². The van der Waals surface area contributed by atoms with Crippen molar-refractivity contribution in [2.75, 3.05) is 6.61 Å². The number of carboxylic acids is 1. The van der Waals surface area contributed by atoms with E-state index in [0.717, 1.165) is 0 Å². The van der Waals surface area contributed by atoms with Gasteiger partial charge in [0, 0.05) is 6.08 Å². The normalized spacial score (nSPS) is 27.7. The maximum Gasteiger partial charge on any atom is 0.330 e. The molecule has 15 heavy (non-hydrogen) atoms. The monoisotopic (exact) mass is 212 g/mol. The predicted molar refractivity (Wildman–Crippen MR) is 54.2 cm³/mol. The van der Waals surface area contributed by atoms with Gasteiger partial charge in [-0.2, -0.15) is 0 Å². The molecule has 0 aromatic heterocycles. The molecule has 0 aromatic carbocycles. The fourth-order valence-electron chi connectivity index (χ4n) is 1.88. The number of hydrogen-bond donors (Lipinski definition) is 1. The minimum Gasteiger partial charge on any atom is -0.481 e. The molecule has 0 spiro atoms. The van der Waals surface area contributed by atoms with Gasteiger partial charge in [0.25, 0.3) is 0 Å². The number of aliphatic carboxylic acids is 1. The molecule has 0 heterocycles. The second-order valence-corrected chi connectivity index (χ2v) is 4.27. The Labute approximate surface area is 88.9 Å². The molecule has 2 atom stereocenters. The van der Waals surface area contributed by atoms with Crippen molar-refractivity contribution in [2.24, 2.45) is 17.3 Å². The van der Waals surface area contributed by atoms with Crippen LogP contribution >= 0.6 is 0 Å². The summed E-state index contributed by atoms with van der Waals surface area (Å²) >= 11 is 0. The van der Waals surface area contributed by atoms with Crippen molar-refractivity contribution in [3.8, 4) is 0 Å². The Balaban J connectivity index is 2.55. The number of allylic oxidation sites excluding steroid dienone is 1. The molecule has 0 bridgehead atoms. The van der Waals surface area contributed by atoms with Crippen molar-refractivity contribution < 1.29 is 19.4 Å². The van der Waals surface area contributed by atoms with E-state index in [1.807, 2.05) is 13.8 Å². The fraction of sp³-hybridized carbons (Fsp3) is 0.636. The highest BCUT2D eigenvalue weighted by Gasteiger charge is 2.60. The second kappa shape index (κ2) is 4.04. The number of carbonyl (C=O) groups excluding carboxylic acids is 1. The van der Waals surface area contributed by atoms with Crippen LogP contribution in [0.1, 0.15) is 20.8 Å².